The third kappa shape index (κ3) is 4.17. The summed E-state index contributed by atoms with van der Waals surface area (Å²) < 4.78 is 7.44. The molecule has 1 aliphatic heterocycles. The van der Waals surface area contributed by atoms with E-state index in [0.717, 1.165) is 61.8 Å². The van der Waals surface area contributed by atoms with Crippen LogP contribution in [-0.2, 0) is 13.6 Å². The quantitative estimate of drug-likeness (QED) is 0.681. The van der Waals surface area contributed by atoms with Crippen LogP contribution in [0.5, 0.6) is 5.75 Å². The number of anilines is 1. The van der Waals surface area contributed by atoms with E-state index >= 15 is 0 Å². The molecule has 0 atom stereocenters. The SMILES string of the molecule is CCN1CCN(Cc2nc3cc(NC(=O)c4ccccc4OC)ccc3n2C)CC1. The zero-order chi connectivity index (χ0) is 21.1. The molecule has 158 valence electrons. The van der Waals surface area contributed by atoms with Crippen LogP contribution in [0.4, 0.5) is 5.69 Å². The van der Waals surface area contributed by atoms with Gasteiger partial charge in [-0.05, 0) is 36.9 Å². The highest BCUT2D eigenvalue weighted by atomic mass is 16.5. The number of fused-ring (bicyclic) bond motifs is 1. The van der Waals surface area contributed by atoms with E-state index in [-0.39, 0.29) is 5.91 Å². The summed E-state index contributed by atoms with van der Waals surface area (Å²) in [6, 6.07) is 13.1. The average Bonchev–Trinajstić information content (AvgIpc) is 3.08. The Hall–Kier alpha value is -2.90. The highest BCUT2D eigenvalue weighted by Crippen LogP contribution is 2.23. The zero-order valence-electron chi connectivity index (χ0n) is 17.9. The molecule has 1 fully saturated rings. The van der Waals surface area contributed by atoms with E-state index in [4.69, 9.17) is 9.72 Å². The standard InChI is InChI=1S/C23H29N5O2/c1-4-27-11-13-28(14-12-27)16-22-25-19-15-17(9-10-20(19)26(22)2)24-23(29)18-7-5-6-8-21(18)30-3/h5-10,15H,4,11-14,16H2,1-3H3,(H,24,29). The van der Waals surface area contributed by atoms with Crippen LogP contribution in [0.15, 0.2) is 42.5 Å². The van der Waals surface area contributed by atoms with Gasteiger partial charge in [0.2, 0.25) is 0 Å². The lowest BCUT2D eigenvalue weighted by Gasteiger charge is -2.33. The van der Waals surface area contributed by atoms with Crippen molar-refractivity contribution in [1.29, 1.82) is 0 Å². The van der Waals surface area contributed by atoms with E-state index < -0.39 is 0 Å². The summed E-state index contributed by atoms with van der Waals surface area (Å²) >= 11 is 0. The lowest BCUT2D eigenvalue weighted by molar-refractivity contribution is 0.102. The summed E-state index contributed by atoms with van der Waals surface area (Å²) in [5.74, 6) is 1.40. The predicted molar refractivity (Wildman–Crippen MR) is 119 cm³/mol. The minimum atomic E-state index is -0.197. The molecule has 2 aromatic carbocycles. The Bertz CT molecular complexity index is 1040. The van der Waals surface area contributed by atoms with Crippen LogP contribution in [0, 0.1) is 0 Å². The van der Waals surface area contributed by atoms with Crippen LogP contribution in [0.1, 0.15) is 23.1 Å². The van der Waals surface area contributed by atoms with Gasteiger partial charge < -0.3 is 19.5 Å². The fraction of sp³-hybridized carbons (Fsp3) is 0.391. The fourth-order valence-electron chi connectivity index (χ4n) is 3.96. The van der Waals surface area contributed by atoms with Crippen molar-refractivity contribution < 1.29 is 9.53 Å². The third-order valence-corrected chi connectivity index (χ3v) is 5.86. The molecule has 30 heavy (non-hydrogen) atoms. The molecule has 1 aliphatic rings. The Labute approximate surface area is 177 Å². The lowest BCUT2D eigenvalue weighted by Crippen LogP contribution is -2.45. The molecule has 1 saturated heterocycles. The number of para-hydroxylation sites is 1. The second kappa shape index (κ2) is 8.85. The smallest absolute Gasteiger partial charge is 0.259 e. The van der Waals surface area contributed by atoms with Gasteiger partial charge in [0.1, 0.15) is 11.6 Å². The predicted octanol–water partition coefficient (Wildman–Crippen LogP) is 2.97. The number of imidazole rings is 1. The van der Waals surface area contributed by atoms with Gasteiger partial charge in [-0.2, -0.15) is 0 Å². The molecular weight excluding hydrogens is 378 g/mol. The molecule has 4 rings (SSSR count). The first-order chi connectivity index (χ1) is 14.6. The van der Waals surface area contributed by atoms with Crippen molar-refractivity contribution in [1.82, 2.24) is 19.4 Å². The summed E-state index contributed by atoms with van der Waals surface area (Å²) in [6.45, 7) is 8.52. The molecule has 7 nitrogen and oxygen atoms in total. The third-order valence-electron chi connectivity index (χ3n) is 5.86. The highest BCUT2D eigenvalue weighted by Gasteiger charge is 2.18. The number of aromatic nitrogens is 2. The molecule has 0 spiro atoms. The Morgan fingerprint density at radius 2 is 1.83 bits per heavy atom. The number of carbonyl (C=O) groups is 1. The molecule has 3 aromatic rings. The van der Waals surface area contributed by atoms with E-state index in [9.17, 15) is 4.79 Å². The maximum atomic E-state index is 12.7. The summed E-state index contributed by atoms with van der Waals surface area (Å²) in [5, 5.41) is 2.96. The number of nitrogens with one attached hydrogen (secondary N) is 1. The van der Waals surface area contributed by atoms with Gasteiger partial charge in [-0.25, -0.2) is 4.98 Å². The van der Waals surface area contributed by atoms with Crippen molar-refractivity contribution in [2.45, 2.75) is 13.5 Å². The number of hydrogen-bond acceptors (Lipinski definition) is 5. The zero-order valence-corrected chi connectivity index (χ0v) is 17.9. The van der Waals surface area contributed by atoms with Crippen molar-refractivity contribution in [2.24, 2.45) is 7.05 Å². The normalized spacial score (nSPS) is 15.4. The molecule has 0 aliphatic carbocycles. The number of amides is 1. The van der Waals surface area contributed by atoms with E-state index in [1.165, 1.54) is 0 Å². The summed E-state index contributed by atoms with van der Waals surface area (Å²) in [7, 11) is 3.62. The van der Waals surface area contributed by atoms with E-state index in [1.54, 1.807) is 19.2 Å². The van der Waals surface area contributed by atoms with Crippen molar-refractivity contribution >= 4 is 22.6 Å². The van der Waals surface area contributed by atoms with E-state index in [2.05, 4.69) is 33.7 Å². The van der Waals surface area contributed by atoms with Crippen molar-refractivity contribution in [3.05, 3.63) is 53.9 Å². The molecular formula is C23H29N5O2. The Morgan fingerprint density at radius 3 is 2.57 bits per heavy atom. The van der Waals surface area contributed by atoms with Gasteiger partial charge in [-0.3, -0.25) is 9.69 Å². The highest BCUT2D eigenvalue weighted by molar-refractivity contribution is 6.06. The first kappa shape index (κ1) is 20.4. The number of aryl methyl sites for hydroxylation is 1. The van der Waals surface area contributed by atoms with Gasteiger partial charge in [0, 0.05) is 38.9 Å². The molecule has 0 bridgehead atoms. The Kier molecular flexibility index (Phi) is 6.01. The number of ether oxygens (including phenoxy) is 1. The topological polar surface area (TPSA) is 62.6 Å². The fourth-order valence-corrected chi connectivity index (χ4v) is 3.96. The number of rotatable bonds is 6. The Balaban J connectivity index is 1.50. The minimum absolute atomic E-state index is 0.197. The molecule has 2 heterocycles. The number of carbonyl (C=O) groups excluding carboxylic acids is 1. The van der Waals surface area contributed by atoms with Crippen LogP contribution in [0.25, 0.3) is 11.0 Å². The van der Waals surface area contributed by atoms with Crippen LogP contribution in [-0.4, -0.2) is 65.1 Å². The maximum absolute atomic E-state index is 12.7. The van der Waals surface area contributed by atoms with E-state index in [0.29, 0.717) is 11.3 Å². The van der Waals surface area contributed by atoms with Gasteiger partial charge in [0.15, 0.2) is 0 Å². The monoisotopic (exact) mass is 407 g/mol. The summed E-state index contributed by atoms with van der Waals surface area (Å²) in [4.78, 5) is 22.5. The molecule has 1 amide bonds. The van der Waals surface area contributed by atoms with Crippen LogP contribution >= 0.6 is 0 Å². The largest absolute Gasteiger partial charge is 0.496 e. The van der Waals surface area contributed by atoms with Crippen LogP contribution in [0.2, 0.25) is 0 Å². The lowest BCUT2D eigenvalue weighted by atomic mass is 10.2. The summed E-state index contributed by atoms with van der Waals surface area (Å²) in [6.07, 6.45) is 0. The molecule has 1 aromatic heterocycles. The molecule has 1 N–H and O–H groups in total. The first-order valence-corrected chi connectivity index (χ1v) is 10.4. The summed E-state index contributed by atoms with van der Waals surface area (Å²) in [5.41, 5.74) is 3.18. The van der Waals surface area contributed by atoms with Gasteiger partial charge >= 0.3 is 0 Å². The molecule has 0 radical (unpaired) electrons. The second-order valence-electron chi connectivity index (χ2n) is 7.66. The Morgan fingerprint density at radius 1 is 1.10 bits per heavy atom. The number of methoxy groups -OCH3 is 1. The number of likely N-dealkylation sites (N-methyl/N-ethyl adjacent to an activating group) is 1. The van der Waals surface area contributed by atoms with Crippen LogP contribution in [0.3, 0.4) is 0 Å². The number of benzene rings is 2. The second-order valence-corrected chi connectivity index (χ2v) is 7.66. The molecule has 0 saturated carbocycles. The number of hydrogen-bond donors (Lipinski definition) is 1. The van der Waals surface area contributed by atoms with Crippen molar-refractivity contribution in [2.75, 3.05) is 45.2 Å². The van der Waals surface area contributed by atoms with Crippen LogP contribution < -0.4 is 10.1 Å². The van der Waals surface area contributed by atoms with E-state index in [1.807, 2.05) is 30.3 Å². The first-order valence-electron chi connectivity index (χ1n) is 10.4. The molecule has 7 heteroatoms. The van der Waals surface area contributed by atoms with Gasteiger partial charge in [0.05, 0.1) is 30.3 Å². The van der Waals surface area contributed by atoms with Crippen molar-refractivity contribution in [3.63, 3.8) is 0 Å². The van der Waals surface area contributed by atoms with Crippen molar-refractivity contribution in [3.8, 4) is 5.75 Å². The van der Waals surface area contributed by atoms with Gasteiger partial charge in [-0.1, -0.05) is 19.1 Å². The number of nitrogens with zero attached hydrogens (tertiary/aromatic N) is 4. The maximum Gasteiger partial charge on any atom is 0.259 e. The van der Waals surface area contributed by atoms with Gasteiger partial charge in [0.25, 0.3) is 5.91 Å². The minimum Gasteiger partial charge on any atom is -0.496 e. The number of piperazine rings is 1. The molecule has 0 unspecified atom stereocenters. The average molecular weight is 408 g/mol. The van der Waals surface area contributed by atoms with Gasteiger partial charge in [-0.15, -0.1) is 0 Å².